The van der Waals surface area contributed by atoms with Crippen LogP contribution in [0.2, 0.25) is 0 Å². The Labute approximate surface area is 118 Å². The maximum atomic E-state index is 12.8. The zero-order valence-corrected chi connectivity index (χ0v) is 11.2. The molecule has 20 heavy (non-hydrogen) atoms. The number of tetrazole rings is 1. The van der Waals surface area contributed by atoms with E-state index in [2.05, 4.69) is 31.5 Å². The number of halogens is 4. The van der Waals surface area contributed by atoms with E-state index in [4.69, 9.17) is 5.11 Å². The molecule has 0 bridgehead atoms. The van der Waals surface area contributed by atoms with Crippen molar-refractivity contribution >= 4 is 21.9 Å². The van der Waals surface area contributed by atoms with Crippen molar-refractivity contribution in [2.75, 3.05) is 0 Å². The third kappa shape index (κ3) is 2.95. The molecular formula is C10H6BrF3N4O2. The van der Waals surface area contributed by atoms with Gasteiger partial charge in [0.1, 0.15) is 6.54 Å². The molecule has 0 saturated heterocycles. The maximum absolute atomic E-state index is 12.8. The van der Waals surface area contributed by atoms with Gasteiger partial charge in [-0.05, 0) is 28.6 Å². The molecule has 2 rings (SSSR count). The molecule has 10 heteroatoms. The van der Waals surface area contributed by atoms with Crippen molar-refractivity contribution in [3.63, 3.8) is 0 Å². The van der Waals surface area contributed by atoms with Gasteiger partial charge in [0.05, 0.1) is 5.56 Å². The molecule has 0 spiro atoms. The molecule has 1 aromatic heterocycles. The summed E-state index contributed by atoms with van der Waals surface area (Å²) in [6, 6.07) is 3.43. The van der Waals surface area contributed by atoms with Crippen LogP contribution in [0.4, 0.5) is 13.2 Å². The zero-order chi connectivity index (χ0) is 14.9. The van der Waals surface area contributed by atoms with E-state index in [0.717, 1.165) is 10.7 Å². The molecule has 1 heterocycles. The van der Waals surface area contributed by atoms with Crippen LogP contribution in [-0.2, 0) is 17.5 Å². The largest absolute Gasteiger partial charge is 0.480 e. The van der Waals surface area contributed by atoms with Gasteiger partial charge in [0, 0.05) is 10.0 Å². The Balaban J connectivity index is 2.49. The van der Waals surface area contributed by atoms with E-state index < -0.39 is 24.3 Å². The van der Waals surface area contributed by atoms with Gasteiger partial charge in [0.15, 0.2) is 5.82 Å². The highest BCUT2D eigenvalue weighted by Crippen LogP contribution is 2.36. The highest BCUT2D eigenvalue weighted by atomic mass is 79.9. The Hall–Kier alpha value is -1.97. The number of nitrogens with zero attached hydrogens (tertiary/aromatic N) is 4. The van der Waals surface area contributed by atoms with Crippen LogP contribution >= 0.6 is 15.9 Å². The highest BCUT2D eigenvalue weighted by Gasteiger charge is 2.33. The van der Waals surface area contributed by atoms with Crippen LogP contribution in [0.1, 0.15) is 5.56 Å². The fourth-order valence-corrected chi connectivity index (χ4v) is 2.00. The number of hydrogen-bond donors (Lipinski definition) is 1. The lowest BCUT2D eigenvalue weighted by atomic mass is 10.1. The van der Waals surface area contributed by atoms with Crippen molar-refractivity contribution in [2.24, 2.45) is 0 Å². The van der Waals surface area contributed by atoms with Gasteiger partial charge in [-0.1, -0.05) is 15.9 Å². The molecule has 0 fully saturated rings. The lowest BCUT2D eigenvalue weighted by molar-refractivity contribution is -0.139. The third-order valence-corrected chi connectivity index (χ3v) is 3.04. The third-order valence-electron chi connectivity index (χ3n) is 2.35. The first-order valence-corrected chi connectivity index (χ1v) is 5.93. The summed E-state index contributed by atoms with van der Waals surface area (Å²) in [5.41, 5.74) is -0.813. The van der Waals surface area contributed by atoms with Crippen molar-refractivity contribution in [1.82, 2.24) is 20.2 Å². The Morgan fingerprint density at radius 3 is 2.70 bits per heavy atom. The van der Waals surface area contributed by atoms with Crippen molar-refractivity contribution in [3.05, 3.63) is 28.2 Å². The van der Waals surface area contributed by atoms with E-state index in [1.165, 1.54) is 12.1 Å². The van der Waals surface area contributed by atoms with Crippen LogP contribution in [0.3, 0.4) is 0 Å². The molecule has 2 aromatic rings. The van der Waals surface area contributed by atoms with E-state index in [1.54, 1.807) is 0 Å². The second-order valence-electron chi connectivity index (χ2n) is 3.75. The van der Waals surface area contributed by atoms with Crippen LogP contribution < -0.4 is 0 Å². The number of carbonyl (C=O) groups is 1. The number of aromatic nitrogens is 4. The van der Waals surface area contributed by atoms with Gasteiger partial charge in [-0.25, -0.2) is 4.68 Å². The number of hydrogen-bond acceptors (Lipinski definition) is 4. The van der Waals surface area contributed by atoms with Gasteiger partial charge in [-0.3, -0.25) is 4.79 Å². The van der Waals surface area contributed by atoms with Gasteiger partial charge in [-0.2, -0.15) is 13.2 Å². The quantitative estimate of drug-likeness (QED) is 0.917. The Bertz CT molecular complexity index is 656. The van der Waals surface area contributed by atoms with Gasteiger partial charge < -0.3 is 5.11 Å². The predicted octanol–water partition coefficient (Wildman–Crippen LogP) is 2.21. The lowest BCUT2D eigenvalue weighted by Gasteiger charge is -2.10. The van der Waals surface area contributed by atoms with Gasteiger partial charge in [-0.15, -0.1) is 5.10 Å². The van der Waals surface area contributed by atoms with E-state index in [9.17, 15) is 18.0 Å². The standard InChI is InChI=1S/C10H6BrF3N4O2/c11-7-2-1-5(3-6(7)10(12,13)14)9-15-16-17-18(9)4-8(19)20/h1-3H,4H2,(H,19,20). The van der Waals surface area contributed by atoms with Crippen LogP contribution in [0, 0.1) is 0 Å². The fraction of sp³-hybridized carbons (Fsp3) is 0.200. The first kappa shape index (κ1) is 14.4. The summed E-state index contributed by atoms with van der Waals surface area (Å²) in [4.78, 5) is 10.6. The summed E-state index contributed by atoms with van der Waals surface area (Å²) in [5.74, 6) is -1.25. The zero-order valence-electron chi connectivity index (χ0n) is 9.60. The summed E-state index contributed by atoms with van der Waals surface area (Å²) in [6.45, 7) is -0.542. The van der Waals surface area contributed by atoms with Crippen molar-refractivity contribution in [3.8, 4) is 11.4 Å². The molecule has 0 saturated carbocycles. The Morgan fingerprint density at radius 1 is 1.40 bits per heavy atom. The molecule has 1 N–H and O–H groups in total. The Kier molecular flexibility index (Phi) is 3.75. The smallest absolute Gasteiger partial charge is 0.417 e. The Morgan fingerprint density at radius 2 is 2.10 bits per heavy atom. The number of carboxylic acids is 1. The minimum atomic E-state index is -4.54. The topological polar surface area (TPSA) is 80.9 Å². The molecule has 0 unspecified atom stereocenters. The van der Waals surface area contributed by atoms with Gasteiger partial charge in [0.2, 0.25) is 0 Å². The normalized spacial score (nSPS) is 11.6. The second kappa shape index (κ2) is 5.19. The first-order chi connectivity index (χ1) is 9.29. The summed E-state index contributed by atoms with van der Waals surface area (Å²) in [6.07, 6.45) is -4.54. The van der Waals surface area contributed by atoms with Crippen LogP contribution in [0.5, 0.6) is 0 Å². The predicted molar refractivity (Wildman–Crippen MR) is 63.6 cm³/mol. The molecule has 106 valence electrons. The molecule has 0 aliphatic heterocycles. The summed E-state index contributed by atoms with van der Waals surface area (Å²) >= 11 is 2.82. The average Bonchev–Trinajstić information content (AvgIpc) is 2.75. The minimum Gasteiger partial charge on any atom is -0.480 e. The molecule has 0 radical (unpaired) electrons. The molecular weight excluding hydrogens is 345 g/mol. The second-order valence-corrected chi connectivity index (χ2v) is 4.60. The number of benzene rings is 1. The summed E-state index contributed by atoms with van der Waals surface area (Å²) in [7, 11) is 0. The minimum absolute atomic E-state index is 0.0506. The van der Waals surface area contributed by atoms with E-state index >= 15 is 0 Å². The molecule has 1 aromatic carbocycles. The molecule has 0 amide bonds. The fourth-order valence-electron chi connectivity index (χ4n) is 1.53. The monoisotopic (exact) mass is 350 g/mol. The first-order valence-electron chi connectivity index (χ1n) is 5.14. The molecule has 0 aliphatic carbocycles. The van der Waals surface area contributed by atoms with Crippen molar-refractivity contribution in [1.29, 1.82) is 0 Å². The van der Waals surface area contributed by atoms with Gasteiger partial charge >= 0.3 is 12.1 Å². The number of alkyl halides is 3. The lowest BCUT2D eigenvalue weighted by Crippen LogP contribution is -2.12. The number of aliphatic carboxylic acids is 1. The van der Waals surface area contributed by atoms with Gasteiger partial charge in [0.25, 0.3) is 0 Å². The van der Waals surface area contributed by atoms with E-state index in [0.29, 0.717) is 0 Å². The van der Waals surface area contributed by atoms with E-state index in [1.807, 2.05) is 0 Å². The van der Waals surface area contributed by atoms with E-state index in [-0.39, 0.29) is 15.9 Å². The SMILES string of the molecule is O=C(O)Cn1nnnc1-c1ccc(Br)c(C(F)(F)F)c1. The number of rotatable bonds is 3. The molecule has 0 atom stereocenters. The average molecular weight is 351 g/mol. The summed E-state index contributed by atoms with van der Waals surface area (Å²) in [5, 5.41) is 18.9. The highest BCUT2D eigenvalue weighted by molar-refractivity contribution is 9.10. The molecule has 6 nitrogen and oxygen atoms in total. The van der Waals surface area contributed by atoms with Crippen LogP contribution in [0.15, 0.2) is 22.7 Å². The van der Waals surface area contributed by atoms with Crippen LogP contribution in [0.25, 0.3) is 11.4 Å². The number of carboxylic acid groups (broad SMARTS) is 1. The van der Waals surface area contributed by atoms with Crippen molar-refractivity contribution in [2.45, 2.75) is 12.7 Å². The van der Waals surface area contributed by atoms with Crippen molar-refractivity contribution < 1.29 is 23.1 Å². The van der Waals surface area contributed by atoms with Crippen LogP contribution in [-0.4, -0.2) is 31.3 Å². The molecule has 0 aliphatic rings. The summed E-state index contributed by atoms with van der Waals surface area (Å²) < 4.78 is 39.2. The maximum Gasteiger partial charge on any atom is 0.417 e.